The molecule has 0 N–H and O–H groups in total. The van der Waals surface area contributed by atoms with E-state index in [0.717, 1.165) is 29.6 Å². The van der Waals surface area contributed by atoms with Crippen LogP contribution in [0, 0.1) is 55.4 Å². The van der Waals surface area contributed by atoms with Gasteiger partial charge in [-0.1, -0.05) is 260 Å². The number of rotatable bonds is 10. The molecule has 0 radical (unpaired) electrons. The number of benzene rings is 12. The lowest BCUT2D eigenvalue weighted by atomic mass is 9.81. The molecular weight excluding hydrogens is 1610 g/mol. The van der Waals surface area contributed by atoms with Crippen molar-refractivity contribution >= 4 is 64.6 Å². The largest absolute Gasteiger partial charge is 0.220 e. The van der Waals surface area contributed by atoms with Crippen molar-refractivity contribution in [1.82, 2.24) is 0 Å². The zero-order valence-corrected chi connectivity index (χ0v) is 82.2. The first-order valence-electron chi connectivity index (χ1n) is 50.7. The van der Waals surface area contributed by atoms with Crippen LogP contribution in [0.15, 0.2) is 280 Å². The van der Waals surface area contributed by atoms with Crippen molar-refractivity contribution in [3.8, 4) is 67.4 Å². The van der Waals surface area contributed by atoms with E-state index in [1.165, 1.54) is 357 Å². The monoisotopic (exact) mass is 1750 g/mol. The standard InChI is InChI=1S/C31H32N.C26H26N.2C24H28N.C23H26N/c1-20-17-27-25-11-7-8-12-28(25)31(2,3)29(27)19-26(20)30-24-14-13-22(21-9-5-6-10-21)18-23(24)15-16-32(30)4;1-18-15-20-9-5-6-10-21(20)17-25(18)26-24-12-11-22(19-7-3-4-8-19)16-23(24)13-14-27(26)2;1-16-13-17(2)18(3)23(14-16)24-22-10-9-20(19-7-5-6-8-19)15-21(22)11-12-25(24)4;1-17-9-10-18(2)23(15-17)24-22-12-11-20(19-7-5-4-6-8-19)16-21(22)13-14-25(24)3;1-17-8-6-7-11-21(17)23-22-13-12-19(18-9-4-3-5-10-18)16-20(22)14-15-24(23)2/h7-8,11-19,21H,5-6,9-10H2,1-4H3;5-6,9-17,19H,3-4,7-8H2,1-2H3;9-15,19H,5-8H2,1-4H3;9-16,19H,4-8H2,1-3H3;6-8,11-16,18H,3-5,9-10H2,1-2H3/q5*+1. The van der Waals surface area contributed by atoms with Crippen LogP contribution in [0.1, 0.15) is 268 Å². The van der Waals surface area contributed by atoms with E-state index in [1.807, 2.05) is 0 Å². The van der Waals surface area contributed by atoms with Gasteiger partial charge in [-0.15, -0.1) is 0 Å². The lowest BCUT2D eigenvalue weighted by Gasteiger charge is -2.22. The highest BCUT2D eigenvalue weighted by atomic mass is 14.9. The van der Waals surface area contributed by atoms with Gasteiger partial charge in [-0.3, -0.25) is 0 Å². The molecule has 0 atom stereocenters. The van der Waals surface area contributed by atoms with Crippen LogP contribution in [0.5, 0.6) is 0 Å². The minimum Gasteiger partial charge on any atom is -0.200 e. The summed E-state index contributed by atoms with van der Waals surface area (Å²) in [4.78, 5) is 0. The molecule has 17 aromatic rings. The molecule has 5 aromatic heterocycles. The third-order valence-electron chi connectivity index (χ3n) is 32.1. The van der Waals surface area contributed by atoms with Gasteiger partial charge in [0.25, 0.3) is 0 Å². The van der Waals surface area contributed by atoms with Crippen molar-refractivity contribution in [2.45, 2.75) is 245 Å². The second kappa shape index (κ2) is 38.9. The summed E-state index contributed by atoms with van der Waals surface area (Å²) in [6, 6.07) is 94.5. The van der Waals surface area contributed by atoms with Gasteiger partial charge in [0.1, 0.15) is 35.2 Å². The van der Waals surface area contributed by atoms with Crippen molar-refractivity contribution < 1.29 is 22.8 Å². The molecule has 0 amide bonds. The number of nitrogens with zero attached hydrogens (tertiary/aromatic N) is 5. The van der Waals surface area contributed by atoms with E-state index in [-0.39, 0.29) is 5.41 Å². The quantitative estimate of drug-likeness (QED) is 0.122. The molecule has 6 aliphatic carbocycles. The minimum absolute atomic E-state index is 0.0210. The maximum absolute atomic E-state index is 2.48. The first-order chi connectivity index (χ1) is 64.6. The first-order valence-corrected chi connectivity index (χ1v) is 50.7. The molecule has 672 valence electrons. The van der Waals surface area contributed by atoms with Crippen LogP contribution < -0.4 is 22.8 Å². The molecule has 5 saturated carbocycles. The van der Waals surface area contributed by atoms with Crippen molar-refractivity contribution in [3.05, 3.63) is 363 Å². The number of fused-ring (bicyclic) bond motifs is 9. The fraction of sp³-hybridized carbons (Fsp3) is 0.336. The summed E-state index contributed by atoms with van der Waals surface area (Å²) in [7, 11) is 10.8. The molecule has 6 aliphatic rings. The van der Waals surface area contributed by atoms with Crippen LogP contribution in [0.25, 0.3) is 132 Å². The number of aryl methyl sites for hydroxylation is 12. The Balaban J connectivity index is 0.000000108. The van der Waals surface area contributed by atoms with Crippen LogP contribution in [0.4, 0.5) is 0 Å². The fourth-order valence-corrected chi connectivity index (χ4v) is 24.4. The molecule has 0 unspecified atom stereocenters. The highest BCUT2D eigenvalue weighted by Gasteiger charge is 2.38. The molecule has 5 heteroatoms. The van der Waals surface area contributed by atoms with E-state index in [0.29, 0.717) is 0 Å². The minimum atomic E-state index is 0.0210. The highest BCUT2D eigenvalue weighted by Crippen LogP contribution is 2.52. The van der Waals surface area contributed by atoms with Gasteiger partial charge in [0.05, 0.1) is 43.6 Å². The summed E-state index contributed by atoms with van der Waals surface area (Å²) in [6.45, 7) is 22.5. The number of aromatic nitrogens is 5. The summed E-state index contributed by atoms with van der Waals surface area (Å²) >= 11 is 0. The summed E-state index contributed by atoms with van der Waals surface area (Å²) in [5.74, 6) is 3.80. The number of hydrogen-bond acceptors (Lipinski definition) is 0. The average Bonchev–Trinajstić information content (AvgIpc) is 1.57. The smallest absolute Gasteiger partial charge is 0.200 e. The predicted octanol–water partition coefficient (Wildman–Crippen LogP) is 31.7. The number of hydrogen-bond donors (Lipinski definition) is 0. The molecule has 5 fully saturated rings. The molecule has 5 nitrogen and oxygen atoms in total. The van der Waals surface area contributed by atoms with Crippen molar-refractivity contribution in [2.75, 3.05) is 0 Å². The van der Waals surface area contributed by atoms with E-state index in [9.17, 15) is 0 Å². The Kier molecular flexibility index (Phi) is 26.3. The van der Waals surface area contributed by atoms with Crippen LogP contribution in [-0.4, -0.2) is 0 Å². The van der Waals surface area contributed by atoms with Crippen molar-refractivity contribution in [3.63, 3.8) is 0 Å². The third-order valence-corrected chi connectivity index (χ3v) is 32.1. The van der Waals surface area contributed by atoms with Crippen LogP contribution in [0.2, 0.25) is 0 Å². The van der Waals surface area contributed by atoms with Crippen LogP contribution in [-0.2, 0) is 40.7 Å². The van der Waals surface area contributed by atoms with E-state index < -0.39 is 0 Å². The molecule has 133 heavy (non-hydrogen) atoms. The first kappa shape index (κ1) is 90.1. The Hall–Kier alpha value is -12.1. The van der Waals surface area contributed by atoms with E-state index >= 15 is 0 Å². The van der Waals surface area contributed by atoms with Gasteiger partial charge in [-0.25, -0.2) is 22.8 Å². The maximum atomic E-state index is 2.48. The Labute approximate surface area is 793 Å². The lowest BCUT2D eigenvalue weighted by molar-refractivity contribution is -0.659. The van der Waals surface area contributed by atoms with E-state index in [4.69, 9.17) is 0 Å². The summed E-state index contributed by atoms with van der Waals surface area (Å²) in [5, 5.41) is 16.2. The average molecular weight is 1750 g/mol. The van der Waals surface area contributed by atoms with Gasteiger partial charge >= 0.3 is 0 Å². The van der Waals surface area contributed by atoms with Gasteiger partial charge in [0, 0.05) is 46.9 Å². The normalized spacial score (nSPS) is 15.8. The Morgan fingerprint density at radius 1 is 0.211 bits per heavy atom. The fourth-order valence-electron chi connectivity index (χ4n) is 24.4. The van der Waals surface area contributed by atoms with Gasteiger partial charge in [0.15, 0.2) is 31.0 Å². The second-order valence-electron chi connectivity index (χ2n) is 41.5. The van der Waals surface area contributed by atoms with Gasteiger partial charge < -0.3 is 0 Å². The zero-order chi connectivity index (χ0) is 91.9. The van der Waals surface area contributed by atoms with E-state index in [1.54, 1.807) is 0 Å². The zero-order valence-electron chi connectivity index (χ0n) is 82.2. The number of pyridine rings is 5. The molecule has 0 aliphatic heterocycles. The molecule has 0 bridgehead atoms. The Morgan fingerprint density at radius 2 is 0.526 bits per heavy atom. The summed E-state index contributed by atoms with van der Waals surface area (Å²) < 4.78 is 11.4. The van der Waals surface area contributed by atoms with Gasteiger partial charge in [-0.05, 0) is 331 Å². The molecular formula is C128H140N5+5. The molecule has 5 heterocycles. The lowest BCUT2D eigenvalue weighted by Crippen LogP contribution is -2.31. The van der Waals surface area contributed by atoms with E-state index in [2.05, 4.69) is 407 Å². The molecule has 0 spiro atoms. The molecule has 12 aromatic carbocycles. The van der Waals surface area contributed by atoms with Gasteiger partial charge in [-0.2, -0.15) is 0 Å². The van der Waals surface area contributed by atoms with Crippen molar-refractivity contribution in [2.24, 2.45) is 35.2 Å². The molecule has 0 saturated heterocycles. The van der Waals surface area contributed by atoms with Crippen LogP contribution >= 0.6 is 0 Å². The van der Waals surface area contributed by atoms with Crippen molar-refractivity contribution in [1.29, 1.82) is 0 Å². The Bertz CT molecular complexity index is 7250. The topological polar surface area (TPSA) is 19.4 Å². The second-order valence-corrected chi connectivity index (χ2v) is 41.5. The van der Waals surface area contributed by atoms with Crippen LogP contribution in [0.3, 0.4) is 0 Å². The maximum Gasteiger partial charge on any atom is 0.220 e. The Morgan fingerprint density at radius 3 is 0.932 bits per heavy atom. The summed E-state index contributed by atoms with van der Waals surface area (Å²) in [6.07, 6.45) is 41.3. The molecule has 23 rings (SSSR count). The van der Waals surface area contributed by atoms with Gasteiger partial charge in [0.2, 0.25) is 28.5 Å². The third kappa shape index (κ3) is 18.4. The SMILES string of the molecule is Cc1cc(C)c(C)c(-c2c3ccc(C4CCCC4)cc3cc[n+]2C)c1.Cc1cc2c(cc1-c1c3ccc(C4CCCC4)cc3cc[n+]1C)C(C)(C)c1ccccc1-2.Cc1cc2ccccc2cc1-c1c2ccc(C3CCCC3)cc2cc[n+]1C.Cc1ccc(C)c(-c2c3ccc(C4CCCCC4)cc3cc[n+]2C)c1.Cc1ccccc1-c1c2ccc(C3CCCCC3)cc2cc[n+]1C. The summed E-state index contributed by atoms with van der Waals surface area (Å²) in [5.41, 5.74) is 37.4. The predicted molar refractivity (Wildman–Crippen MR) is 561 cm³/mol. The highest BCUT2D eigenvalue weighted by molar-refractivity contribution is 6.00.